The molecule has 2 aromatic carbocycles. The maximum atomic E-state index is 13.7. The Morgan fingerprint density at radius 3 is 2.31 bits per heavy atom. The molecular formula is C29H23NO5. The number of carbonyl (C=O) groups is 4. The number of ketones is 2. The van der Waals surface area contributed by atoms with Crippen LogP contribution in [-0.2, 0) is 19.2 Å². The third-order valence-electron chi connectivity index (χ3n) is 7.80. The predicted molar refractivity (Wildman–Crippen MR) is 128 cm³/mol. The Hall–Kier alpha value is -4.06. The molecule has 0 unspecified atom stereocenters. The third kappa shape index (κ3) is 3.09. The van der Waals surface area contributed by atoms with Gasteiger partial charge in [-0.3, -0.25) is 24.1 Å². The lowest BCUT2D eigenvalue weighted by Crippen LogP contribution is -2.39. The smallest absolute Gasteiger partial charge is 0.238 e. The highest BCUT2D eigenvalue weighted by molar-refractivity contribution is 6.25. The molecular weight excluding hydrogens is 442 g/mol. The number of rotatable bonds is 2. The zero-order valence-corrected chi connectivity index (χ0v) is 19.1. The second-order valence-electron chi connectivity index (χ2n) is 9.67. The van der Waals surface area contributed by atoms with Crippen LogP contribution in [0.25, 0.3) is 0 Å². The summed E-state index contributed by atoms with van der Waals surface area (Å²) < 4.78 is 0. The molecule has 2 amide bonds. The second kappa shape index (κ2) is 7.73. The third-order valence-corrected chi connectivity index (χ3v) is 7.80. The van der Waals surface area contributed by atoms with Crippen molar-refractivity contribution in [3.8, 4) is 5.75 Å². The van der Waals surface area contributed by atoms with E-state index in [0.29, 0.717) is 28.8 Å². The molecule has 35 heavy (non-hydrogen) atoms. The van der Waals surface area contributed by atoms with Gasteiger partial charge in [0.25, 0.3) is 0 Å². The lowest BCUT2D eigenvalue weighted by molar-refractivity contribution is -0.123. The van der Waals surface area contributed by atoms with E-state index in [-0.39, 0.29) is 41.5 Å². The first-order valence-corrected chi connectivity index (χ1v) is 11.8. The number of allylic oxidation sites excluding steroid dienone is 6. The fourth-order valence-electron chi connectivity index (χ4n) is 6.26. The standard InChI is InChI=1S/C29H23NO5/c1-15-13-23(32)26-22(27(15)33)14-21-19(24(26)16-7-9-18(31)10-8-16)11-12-20-25(21)29(35)30(28(20)34)17-5-3-2-4-6-17/h2-11,13,20-21,24-25,31H,12,14H2,1H3/t20-,21+,24-,25-/m0/s1. The summed E-state index contributed by atoms with van der Waals surface area (Å²) in [6.45, 7) is 1.63. The molecule has 4 aliphatic rings. The number of aromatic hydroxyl groups is 1. The van der Waals surface area contributed by atoms with Gasteiger partial charge in [-0.1, -0.05) is 42.0 Å². The van der Waals surface area contributed by atoms with Crippen molar-refractivity contribution in [1.29, 1.82) is 0 Å². The minimum absolute atomic E-state index is 0.102. The van der Waals surface area contributed by atoms with Gasteiger partial charge in [0.1, 0.15) is 5.75 Å². The van der Waals surface area contributed by atoms with E-state index in [2.05, 4.69) is 0 Å². The first-order valence-electron chi connectivity index (χ1n) is 11.8. The number of Topliss-reactive ketones (excluding diaryl/α,β-unsaturated/α-hetero) is 1. The molecule has 1 fully saturated rings. The number of nitrogens with zero attached hydrogens (tertiary/aromatic N) is 1. The molecule has 1 N–H and O–H groups in total. The van der Waals surface area contributed by atoms with Gasteiger partial charge in [0, 0.05) is 22.6 Å². The molecule has 1 heterocycles. The summed E-state index contributed by atoms with van der Waals surface area (Å²) in [5.74, 6) is -2.70. The molecule has 2 aromatic rings. The number of hydrogen-bond acceptors (Lipinski definition) is 5. The van der Waals surface area contributed by atoms with E-state index in [1.54, 1.807) is 55.5 Å². The molecule has 0 radical (unpaired) electrons. The van der Waals surface area contributed by atoms with Crippen LogP contribution in [0.3, 0.4) is 0 Å². The summed E-state index contributed by atoms with van der Waals surface area (Å²) in [6.07, 6.45) is 4.05. The fraction of sp³-hybridized carbons (Fsp3) is 0.241. The topological polar surface area (TPSA) is 91.8 Å². The molecule has 0 spiro atoms. The predicted octanol–water partition coefficient (Wildman–Crippen LogP) is 4.03. The Balaban J connectivity index is 1.49. The molecule has 6 rings (SSSR count). The maximum absolute atomic E-state index is 13.7. The van der Waals surface area contributed by atoms with Crippen molar-refractivity contribution < 1.29 is 24.3 Å². The maximum Gasteiger partial charge on any atom is 0.238 e. The number of amides is 2. The molecule has 0 aromatic heterocycles. The van der Waals surface area contributed by atoms with Crippen LogP contribution in [-0.4, -0.2) is 28.5 Å². The van der Waals surface area contributed by atoms with Crippen LogP contribution in [0.15, 0.2) is 89.0 Å². The normalized spacial score (nSPS) is 27.9. The van der Waals surface area contributed by atoms with Gasteiger partial charge in [0.05, 0.1) is 17.5 Å². The van der Waals surface area contributed by atoms with Gasteiger partial charge in [0.2, 0.25) is 11.8 Å². The molecule has 0 bridgehead atoms. The summed E-state index contributed by atoms with van der Waals surface area (Å²) in [7, 11) is 0. The van der Waals surface area contributed by atoms with E-state index < -0.39 is 17.8 Å². The SMILES string of the molecule is CC1=CC(=O)C2=C(C[C@@H]3C(=CC[C@@H]4C(=O)N(c5ccccc5)C(=O)[C@@H]43)[C@@H]2c2ccc(O)cc2)C1=O. The number of hydrogen-bond donors (Lipinski definition) is 1. The Labute approximate surface area is 202 Å². The second-order valence-corrected chi connectivity index (χ2v) is 9.67. The molecule has 4 atom stereocenters. The zero-order valence-electron chi connectivity index (χ0n) is 19.1. The molecule has 174 valence electrons. The number of benzene rings is 2. The van der Waals surface area contributed by atoms with Gasteiger partial charge in [0.15, 0.2) is 11.6 Å². The summed E-state index contributed by atoms with van der Waals surface area (Å²) in [5.41, 5.74) is 3.50. The van der Waals surface area contributed by atoms with Crippen LogP contribution in [0.1, 0.15) is 31.2 Å². The highest BCUT2D eigenvalue weighted by atomic mass is 16.3. The number of para-hydroxylation sites is 1. The molecule has 1 saturated heterocycles. The van der Waals surface area contributed by atoms with Gasteiger partial charge in [-0.15, -0.1) is 0 Å². The lowest BCUT2D eigenvalue weighted by Gasteiger charge is -2.42. The monoisotopic (exact) mass is 465 g/mol. The van der Waals surface area contributed by atoms with Crippen molar-refractivity contribution in [2.75, 3.05) is 4.90 Å². The summed E-state index contributed by atoms with van der Waals surface area (Å²) >= 11 is 0. The van der Waals surface area contributed by atoms with Gasteiger partial charge >= 0.3 is 0 Å². The van der Waals surface area contributed by atoms with E-state index in [9.17, 15) is 24.3 Å². The first-order chi connectivity index (χ1) is 16.9. The molecule has 3 aliphatic carbocycles. The largest absolute Gasteiger partial charge is 0.508 e. The highest BCUT2D eigenvalue weighted by Gasteiger charge is 2.56. The molecule has 6 nitrogen and oxygen atoms in total. The Kier molecular flexibility index (Phi) is 4.74. The number of carbonyl (C=O) groups excluding carboxylic acids is 4. The van der Waals surface area contributed by atoms with Crippen LogP contribution < -0.4 is 4.90 Å². The molecule has 0 saturated carbocycles. The first kappa shape index (κ1) is 21.5. The van der Waals surface area contributed by atoms with Gasteiger partial charge < -0.3 is 5.11 Å². The summed E-state index contributed by atoms with van der Waals surface area (Å²) in [6, 6.07) is 15.5. The Morgan fingerprint density at radius 2 is 1.60 bits per heavy atom. The van der Waals surface area contributed by atoms with Crippen LogP contribution in [0.5, 0.6) is 5.75 Å². The van der Waals surface area contributed by atoms with Crippen molar-refractivity contribution >= 4 is 29.1 Å². The van der Waals surface area contributed by atoms with Crippen molar-refractivity contribution in [2.24, 2.45) is 17.8 Å². The number of phenolic OH excluding ortho intramolecular Hbond substituents is 1. The van der Waals surface area contributed by atoms with Crippen LogP contribution in [0, 0.1) is 17.8 Å². The van der Waals surface area contributed by atoms with Crippen molar-refractivity contribution in [2.45, 2.75) is 25.7 Å². The summed E-state index contributed by atoms with van der Waals surface area (Å²) in [5, 5.41) is 9.83. The number of phenols is 1. The Bertz CT molecular complexity index is 1400. The molecule has 6 heteroatoms. The lowest BCUT2D eigenvalue weighted by atomic mass is 9.59. The van der Waals surface area contributed by atoms with Gasteiger partial charge in [-0.25, -0.2) is 0 Å². The van der Waals surface area contributed by atoms with Crippen molar-refractivity contribution in [1.82, 2.24) is 0 Å². The number of imide groups is 1. The number of anilines is 1. The van der Waals surface area contributed by atoms with E-state index in [4.69, 9.17) is 0 Å². The van der Waals surface area contributed by atoms with Gasteiger partial charge in [-0.2, -0.15) is 0 Å². The highest BCUT2D eigenvalue weighted by Crippen LogP contribution is 2.55. The van der Waals surface area contributed by atoms with Crippen LogP contribution >= 0.6 is 0 Å². The van der Waals surface area contributed by atoms with Crippen LogP contribution in [0.4, 0.5) is 5.69 Å². The Morgan fingerprint density at radius 1 is 0.886 bits per heavy atom. The van der Waals surface area contributed by atoms with Crippen LogP contribution in [0.2, 0.25) is 0 Å². The zero-order chi connectivity index (χ0) is 24.4. The average Bonchev–Trinajstić information content (AvgIpc) is 3.12. The minimum Gasteiger partial charge on any atom is -0.508 e. The van der Waals surface area contributed by atoms with E-state index in [1.165, 1.54) is 11.0 Å². The van der Waals surface area contributed by atoms with Crippen molar-refractivity contribution in [3.05, 3.63) is 94.6 Å². The van der Waals surface area contributed by atoms with E-state index in [0.717, 1.165) is 11.1 Å². The van der Waals surface area contributed by atoms with Gasteiger partial charge in [-0.05, 0) is 61.6 Å². The fourth-order valence-corrected chi connectivity index (χ4v) is 6.26. The van der Waals surface area contributed by atoms with E-state index in [1.807, 2.05) is 12.1 Å². The quantitative estimate of drug-likeness (QED) is 0.411. The number of fused-ring (bicyclic) bond motifs is 3. The van der Waals surface area contributed by atoms with Crippen molar-refractivity contribution in [3.63, 3.8) is 0 Å². The molecule has 1 aliphatic heterocycles. The minimum atomic E-state index is -0.592. The van der Waals surface area contributed by atoms with E-state index >= 15 is 0 Å². The summed E-state index contributed by atoms with van der Waals surface area (Å²) in [4.78, 5) is 54.8. The average molecular weight is 466 g/mol.